The van der Waals surface area contributed by atoms with Crippen LogP contribution in [0, 0.1) is 5.92 Å². The van der Waals surface area contributed by atoms with Crippen molar-refractivity contribution in [1.29, 1.82) is 0 Å². The average Bonchev–Trinajstić information content (AvgIpc) is 3.34. The zero-order chi connectivity index (χ0) is 22.1. The van der Waals surface area contributed by atoms with Gasteiger partial charge in [-0.05, 0) is 90.2 Å². The topological polar surface area (TPSA) is 56.8 Å². The Kier molecular flexibility index (Phi) is 6.61. The summed E-state index contributed by atoms with van der Waals surface area (Å²) in [4.78, 5) is 17.1. The van der Waals surface area contributed by atoms with Crippen LogP contribution < -0.4 is 10.6 Å². The molecule has 31 heavy (non-hydrogen) atoms. The highest BCUT2D eigenvalue weighted by Crippen LogP contribution is 2.64. The van der Waals surface area contributed by atoms with Crippen molar-refractivity contribution in [3.05, 3.63) is 29.8 Å². The highest BCUT2D eigenvalue weighted by molar-refractivity contribution is 5.85. The van der Waals surface area contributed by atoms with Gasteiger partial charge >= 0.3 is 6.09 Å². The predicted molar refractivity (Wildman–Crippen MR) is 126 cm³/mol. The van der Waals surface area contributed by atoms with Crippen LogP contribution in [0.2, 0.25) is 0 Å². The third-order valence-corrected chi connectivity index (χ3v) is 7.26. The maximum absolute atomic E-state index is 12.1. The van der Waals surface area contributed by atoms with Gasteiger partial charge in [-0.1, -0.05) is 12.1 Å². The van der Waals surface area contributed by atoms with Gasteiger partial charge in [-0.15, -0.1) is 0 Å². The smallest absolute Gasteiger partial charge is 0.412 e. The standard InChI is InChI=1S/C25H40N4O2/c1-24(2,3)31-23(30)27-20-8-5-7-19(17-20)25-10-9-22(21(25)18-25)26-11-6-12-29-15-13-28(4)14-16-29/h5,7-8,17,21-22,26H,6,9-16,18H2,1-4H3,(H,27,30)/t21-,22-,25-/m1/s1. The Bertz CT molecular complexity index is 769. The first kappa shape index (κ1) is 22.6. The molecule has 0 unspecified atom stereocenters. The number of piperazine rings is 1. The van der Waals surface area contributed by atoms with E-state index in [9.17, 15) is 4.79 Å². The third kappa shape index (κ3) is 5.60. The number of hydrogen-bond donors (Lipinski definition) is 2. The fourth-order valence-electron chi connectivity index (χ4n) is 5.47. The number of carbonyl (C=O) groups is 1. The van der Waals surface area contributed by atoms with Crippen molar-refractivity contribution >= 4 is 11.8 Å². The van der Waals surface area contributed by atoms with Gasteiger partial charge < -0.3 is 19.9 Å². The molecule has 0 spiro atoms. The lowest BCUT2D eigenvalue weighted by Gasteiger charge is -2.32. The van der Waals surface area contributed by atoms with Crippen molar-refractivity contribution < 1.29 is 9.53 Å². The molecule has 4 rings (SSSR count). The number of ether oxygens (including phenoxy) is 1. The van der Waals surface area contributed by atoms with Crippen LogP contribution in [0.1, 0.15) is 52.0 Å². The summed E-state index contributed by atoms with van der Waals surface area (Å²) in [5, 5.41) is 6.76. The maximum atomic E-state index is 12.1. The van der Waals surface area contributed by atoms with Gasteiger partial charge in [0.1, 0.15) is 5.60 Å². The number of nitrogens with zero attached hydrogens (tertiary/aromatic N) is 2. The van der Waals surface area contributed by atoms with Gasteiger partial charge in [0.25, 0.3) is 0 Å². The summed E-state index contributed by atoms with van der Waals surface area (Å²) in [6.45, 7) is 12.8. The van der Waals surface area contributed by atoms with Gasteiger partial charge in [-0.3, -0.25) is 5.32 Å². The first-order chi connectivity index (χ1) is 14.7. The number of carbonyl (C=O) groups excluding carboxylic acids is 1. The lowest BCUT2D eigenvalue weighted by atomic mass is 9.93. The fourth-order valence-corrected chi connectivity index (χ4v) is 5.47. The number of fused-ring (bicyclic) bond motifs is 1. The normalized spacial score (nSPS) is 28.9. The Balaban J connectivity index is 1.24. The molecule has 172 valence electrons. The van der Waals surface area contributed by atoms with Crippen LogP contribution in [0.25, 0.3) is 0 Å². The van der Waals surface area contributed by atoms with Crippen LogP contribution in [0.5, 0.6) is 0 Å². The van der Waals surface area contributed by atoms with E-state index in [0.29, 0.717) is 11.5 Å². The Hall–Kier alpha value is -1.63. The van der Waals surface area contributed by atoms with Crippen molar-refractivity contribution in [2.24, 2.45) is 5.92 Å². The molecular weight excluding hydrogens is 388 g/mol. The predicted octanol–water partition coefficient (Wildman–Crippen LogP) is 3.68. The van der Waals surface area contributed by atoms with Gasteiger partial charge in [-0.25, -0.2) is 4.79 Å². The third-order valence-electron chi connectivity index (χ3n) is 7.26. The average molecular weight is 429 g/mol. The summed E-state index contributed by atoms with van der Waals surface area (Å²) in [5.41, 5.74) is 2.01. The lowest BCUT2D eigenvalue weighted by Crippen LogP contribution is -2.45. The minimum absolute atomic E-state index is 0.306. The van der Waals surface area contributed by atoms with E-state index in [4.69, 9.17) is 4.74 Å². The van der Waals surface area contributed by atoms with E-state index in [2.05, 4.69) is 45.7 Å². The van der Waals surface area contributed by atoms with Gasteiger partial charge in [0.2, 0.25) is 0 Å². The second-order valence-corrected chi connectivity index (χ2v) is 10.8. The monoisotopic (exact) mass is 428 g/mol. The summed E-state index contributed by atoms with van der Waals surface area (Å²) in [7, 11) is 2.21. The highest BCUT2D eigenvalue weighted by Gasteiger charge is 2.62. The van der Waals surface area contributed by atoms with E-state index in [-0.39, 0.29) is 6.09 Å². The van der Waals surface area contributed by atoms with Crippen molar-refractivity contribution in [3.63, 3.8) is 0 Å². The number of rotatable bonds is 7. The van der Waals surface area contributed by atoms with Gasteiger partial charge in [0.05, 0.1) is 0 Å². The van der Waals surface area contributed by atoms with Gasteiger partial charge in [0, 0.05) is 43.3 Å². The largest absolute Gasteiger partial charge is 0.444 e. The van der Waals surface area contributed by atoms with Crippen molar-refractivity contribution in [3.8, 4) is 0 Å². The molecule has 1 aliphatic heterocycles. The SMILES string of the molecule is CN1CCN(CCCN[C@@H]2CC[C@]3(c4cccc(NC(=O)OC(C)(C)C)c4)C[C@H]23)CC1. The molecule has 0 bridgehead atoms. The first-order valence-electron chi connectivity index (χ1n) is 12.0. The zero-order valence-corrected chi connectivity index (χ0v) is 19.7. The minimum Gasteiger partial charge on any atom is -0.444 e. The van der Waals surface area contributed by atoms with Crippen molar-refractivity contribution in [2.75, 3.05) is 51.6 Å². The number of amides is 1. The number of hydrogen-bond acceptors (Lipinski definition) is 5. The molecule has 1 aromatic carbocycles. The Labute approximate surface area is 187 Å². The summed E-state index contributed by atoms with van der Waals surface area (Å²) in [6.07, 6.45) is 4.60. The summed E-state index contributed by atoms with van der Waals surface area (Å²) < 4.78 is 5.40. The summed E-state index contributed by atoms with van der Waals surface area (Å²) in [6, 6.07) is 9.03. The molecule has 6 heteroatoms. The molecule has 6 nitrogen and oxygen atoms in total. The van der Waals surface area contributed by atoms with E-state index >= 15 is 0 Å². The van der Waals surface area contributed by atoms with Crippen LogP contribution in [0.4, 0.5) is 10.5 Å². The molecule has 3 atom stereocenters. The molecule has 0 aromatic heterocycles. The van der Waals surface area contributed by atoms with Crippen molar-refractivity contribution in [2.45, 2.75) is 63.5 Å². The van der Waals surface area contributed by atoms with E-state index in [1.165, 1.54) is 64.0 Å². The Morgan fingerprint density at radius 1 is 1.23 bits per heavy atom. The molecular formula is C25H40N4O2. The minimum atomic E-state index is -0.489. The zero-order valence-electron chi connectivity index (χ0n) is 19.7. The second kappa shape index (κ2) is 9.08. The van der Waals surface area contributed by atoms with E-state index in [1.807, 2.05) is 26.8 Å². The molecule has 0 radical (unpaired) electrons. The van der Waals surface area contributed by atoms with Crippen LogP contribution >= 0.6 is 0 Å². The highest BCUT2D eigenvalue weighted by atomic mass is 16.6. The van der Waals surface area contributed by atoms with Crippen LogP contribution in [0.15, 0.2) is 24.3 Å². The molecule has 1 heterocycles. The van der Waals surface area contributed by atoms with Crippen LogP contribution in [0.3, 0.4) is 0 Å². The van der Waals surface area contributed by atoms with E-state index < -0.39 is 5.60 Å². The number of likely N-dealkylation sites (N-methyl/N-ethyl adjacent to an activating group) is 1. The van der Waals surface area contributed by atoms with Gasteiger partial charge in [0.15, 0.2) is 0 Å². The quantitative estimate of drug-likeness (QED) is 0.649. The summed E-state index contributed by atoms with van der Waals surface area (Å²) in [5.74, 6) is 0.730. The van der Waals surface area contributed by atoms with Crippen molar-refractivity contribution in [1.82, 2.24) is 15.1 Å². The molecule has 1 aromatic rings. The second-order valence-electron chi connectivity index (χ2n) is 10.8. The first-order valence-corrected chi connectivity index (χ1v) is 12.0. The summed E-state index contributed by atoms with van der Waals surface area (Å²) >= 11 is 0. The molecule has 2 N–H and O–H groups in total. The molecule has 2 aliphatic carbocycles. The number of anilines is 1. The van der Waals surface area contributed by atoms with Crippen LogP contribution in [-0.2, 0) is 10.2 Å². The van der Waals surface area contributed by atoms with Gasteiger partial charge in [-0.2, -0.15) is 0 Å². The van der Waals surface area contributed by atoms with E-state index in [1.54, 1.807) is 0 Å². The molecule has 2 saturated carbocycles. The fraction of sp³-hybridized carbons (Fsp3) is 0.720. The number of benzene rings is 1. The Morgan fingerprint density at radius 2 is 2.00 bits per heavy atom. The maximum Gasteiger partial charge on any atom is 0.412 e. The molecule has 3 fully saturated rings. The molecule has 3 aliphatic rings. The Morgan fingerprint density at radius 3 is 2.71 bits per heavy atom. The van der Waals surface area contributed by atoms with Crippen LogP contribution in [-0.4, -0.2) is 73.9 Å². The van der Waals surface area contributed by atoms with E-state index in [0.717, 1.165) is 18.2 Å². The number of nitrogens with one attached hydrogen (secondary N) is 2. The molecule has 1 saturated heterocycles. The lowest BCUT2D eigenvalue weighted by molar-refractivity contribution is 0.0636. The molecule has 1 amide bonds.